The molecule has 0 atom stereocenters. The van der Waals surface area contributed by atoms with E-state index < -0.39 is 0 Å². The van der Waals surface area contributed by atoms with E-state index in [0.29, 0.717) is 0 Å². The Morgan fingerprint density at radius 1 is 1.07 bits per heavy atom. The fourth-order valence-corrected chi connectivity index (χ4v) is 3.35. The first kappa shape index (κ1) is 19.0. The molecule has 0 unspecified atom stereocenters. The summed E-state index contributed by atoms with van der Waals surface area (Å²) in [5.41, 5.74) is 3.33. The number of unbranched alkanes of at least 4 members (excludes halogenated alkanes) is 2. The minimum atomic E-state index is 0.0357. The van der Waals surface area contributed by atoms with Crippen molar-refractivity contribution >= 4 is 16.9 Å². The Kier molecular flexibility index (Phi) is 6.47. The van der Waals surface area contributed by atoms with Crippen molar-refractivity contribution in [1.82, 2.24) is 14.9 Å². The van der Waals surface area contributed by atoms with Gasteiger partial charge in [0.25, 0.3) is 0 Å². The number of nitrogens with zero attached hydrogens (tertiary/aromatic N) is 2. The Balaban J connectivity index is 1.75. The third kappa shape index (κ3) is 4.88. The molecule has 3 rings (SSSR count). The lowest BCUT2D eigenvalue weighted by Crippen LogP contribution is -2.20. The van der Waals surface area contributed by atoms with Crippen molar-refractivity contribution in [1.29, 1.82) is 0 Å². The maximum atomic E-state index is 10.9. The molecule has 0 saturated heterocycles. The molecule has 0 aliphatic heterocycles. The zero-order valence-electron chi connectivity index (χ0n) is 16.1. The van der Waals surface area contributed by atoms with Gasteiger partial charge in [0.1, 0.15) is 11.6 Å². The van der Waals surface area contributed by atoms with Gasteiger partial charge in [-0.15, -0.1) is 0 Å². The highest BCUT2D eigenvalue weighted by Crippen LogP contribution is 2.23. The molecular formula is C22H27N3O2. The maximum absolute atomic E-state index is 10.9. The third-order valence-electron chi connectivity index (χ3n) is 4.71. The largest absolute Gasteiger partial charge is 0.496 e. The molecule has 0 saturated carbocycles. The molecule has 0 fully saturated rings. The van der Waals surface area contributed by atoms with Gasteiger partial charge in [0.15, 0.2) is 0 Å². The Hall–Kier alpha value is -2.82. The lowest BCUT2D eigenvalue weighted by molar-refractivity contribution is -0.118. The van der Waals surface area contributed by atoms with E-state index in [-0.39, 0.29) is 5.91 Å². The van der Waals surface area contributed by atoms with E-state index in [4.69, 9.17) is 9.72 Å². The first-order valence-corrected chi connectivity index (χ1v) is 9.49. The van der Waals surface area contributed by atoms with Crippen LogP contribution < -0.4 is 10.1 Å². The summed E-state index contributed by atoms with van der Waals surface area (Å²) in [6.45, 7) is 3.04. The average molecular weight is 365 g/mol. The highest BCUT2D eigenvalue weighted by Gasteiger charge is 2.12. The number of imidazole rings is 1. The molecule has 0 radical (unpaired) electrons. The SMILES string of the molecule is COc1ccccc1Cn1c(CCCCCNC(C)=O)nc2ccccc21. The molecule has 0 aliphatic rings. The van der Waals surface area contributed by atoms with Gasteiger partial charge in [-0.3, -0.25) is 4.79 Å². The van der Waals surface area contributed by atoms with Crippen molar-refractivity contribution in [3.8, 4) is 5.75 Å². The van der Waals surface area contributed by atoms with Crippen LogP contribution in [0.3, 0.4) is 0 Å². The number of amides is 1. The van der Waals surface area contributed by atoms with Crippen LogP contribution in [0.4, 0.5) is 0 Å². The molecule has 0 spiro atoms. The van der Waals surface area contributed by atoms with Crippen LogP contribution in [-0.2, 0) is 17.8 Å². The van der Waals surface area contributed by atoms with E-state index in [0.717, 1.165) is 66.9 Å². The van der Waals surface area contributed by atoms with Gasteiger partial charge >= 0.3 is 0 Å². The predicted octanol–water partition coefficient (Wildman–Crippen LogP) is 3.94. The Bertz CT molecular complexity index is 901. The summed E-state index contributed by atoms with van der Waals surface area (Å²) in [5, 5.41) is 2.85. The zero-order chi connectivity index (χ0) is 19.1. The van der Waals surface area contributed by atoms with E-state index in [1.54, 1.807) is 14.0 Å². The van der Waals surface area contributed by atoms with Gasteiger partial charge in [0.05, 0.1) is 24.7 Å². The van der Waals surface area contributed by atoms with Crippen LogP contribution in [0.15, 0.2) is 48.5 Å². The van der Waals surface area contributed by atoms with Gasteiger partial charge < -0.3 is 14.6 Å². The number of hydrogen-bond acceptors (Lipinski definition) is 3. The first-order valence-electron chi connectivity index (χ1n) is 9.49. The van der Waals surface area contributed by atoms with Crippen molar-refractivity contribution in [3.63, 3.8) is 0 Å². The summed E-state index contributed by atoms with van der Waals surface area (Å²) >= 11 is 0. The van der Waals surface area contributed by atoms with E-state index in [1.807, 2.05) is 24.3 Å². The minimum absolute atomic E-state index is 0.0357. The van der Waals surface area contributed by atoms with Crippen LogP contribution in [0.25, 0.3) is 11.0 Å². The van der Waals surface area contributed by atoms with Gasteiger partial charge in [0, 0.05) is 25.5 Å². The number of carbonyl (C=O) groups is 1. The van der Waals surface area contributed by atoms with Gasteiger partial charge in [0.2, 0.25) is 5.91 Å². The van der Waals surface area contributed by atoms with Gasteiger partial charge in [-0.2, -0.15) is 0 Å². The number of ether oxygens (including phenoxy) is 1. The fourth-order valence-electron chi connectivity index (χ4n) is 3.35. The molecule has 5 nitrogen and oxygen atoms in total. The lowest BCUT2D eigenvalue weighted by Gasteiger charge is -2.12. The quantitative estimate of drug-likeness (QED) is 0.584. The average Bonchev–Trinajstić information content (AvgIpc) is 3.02. The van der Waals surface area contributed by atoms with Crippen LogP contribution in [0.5, 0.6) is 5.75 Å². The molecule has 1 amide bonds. The minimum Gasteiger partial charge on any atom is -0.496 e. The van der Waals surface area contributed by atoms with E-state index in [1.165, 1.54) is 0 Å². The Morgan fingerprint density at radius 3 is 2.67 bits per heavy atom. The summed E-state index contributed by atoms with van der Waals surface area (Å²) in [5.74, 6) is 2.03. The summed E-state index contributed by atoms with van der Waals surface area (Å²) in [6, 6.07) is 16.4. The fraction of sp³-hybridized carbons (Fsp3) is 0.364. The molecule has 27 heavy (non-hydrogen) atoms. The lowest BCUT2D eigenvalue weighted by atomic mass is 10.1. The second-order valence-corrected chi connectivity index (χ2v) is 6.71. The monoisotopic (exact) mass is 365 g/mol. The van der Waals surface area contributed by atoms with Crippen molar-refractivity contribution < 1.29 is 9.53 Å². The molecule has 142 valence electrons. The Morgan fingerprint density at radius 2 is 1.85 bits per heavy atom. The van der Waals surface area contributed by atoms with Crippen LogP contribution in [0.2, 0.25) is 0 Å². The number of methoxy groups -OCH3 is 1. The molecule has 5 heteroatoms. The van der Waals surface area contributed by atoms with Crippen LogP contribution in [0.1, 0.15) is 37.6 Å². The van der Waals surface area contributed by atoms with Crippen LogP contribution in [-0.4, -0.2) is 29.1 Å². The van der Waals surface area contributed by atoms with Gasteiger partial charge in [-0.1, -0.05) is 36.8 Å². The normalized spacial score (nSPS) is 10.9. The molecule has 3 aromatic rings. The maximum Gasteiger partial charge on any atom is 0.216 e. The molecule has 2 aromatic carbocycles. The number of nitrogens with one attached hydrogen (secondary N) is 1. The summed E-state index contributed by atoms with van der Waals surface area (Å²) < 4.78 is 7.82. The van der Waals surface area contributed by atoms with Gasteiger partial charge in [-0.25, -0.2) is 4.98 Å². The topological polar surface area (TPSA) is 56.1 Å². The van der Waals surface area contributed by atoms with E-state index in [2.05, 4.69) is 34.1 Å². The van der Waals surface area contributed by atoms with Crippen molar-refractivity contribution in [2.24, 2.45) is 0 Å². The summed E-state index contributed by atoms with van der Waals surface area (Å²) in [7, 11) is 1.71. The molecule has 0 bridgehead atoms. The smallest absolute Gasteiger partial charge is 0.216 e. The number of para-hydroxylation sites is 3. The molecular weight excluding hydrogens is 338 g/mol. The van der Waals surface area contributed by atoms with E-state index >= 15 is 0 Å². The zero-order valence-corrected chi connectivity index (χ0v) is 16.1. The standard InChI is InChI=1S/C22H27N3O2/c1-17(26)23-15-9-3-4-14-22-24-19-11-6-7-12-20(19)25(22)16-18-10-5-8-13-21(18)27-2/h5-8,10-13H,3-4,9,14-16H2,1-2H3,(H,23,26). The number of carbonyl (C=O) groups excluding carboxylic acids is 1. The number of aryl methyl sites for hydroxylation is 1. The van der Waals surface area contributed by atoms with E-state index in [9.17, 15) is 4.79 Å². The van der Waals surface area contributed by atoms with Crippen molar-refractivity contribution in [2.75, 3.05) is 13.7 Å². The molecule has 0 aliphatic carbocycles. The summed E-state index contributed by atoms with van der Waals surface area (Å²) in [4.78, 5) is 15.8. The highest BCUT2D eigenvalue weighted by atomic mass is 16.5. The second-order valence-electron chi connectivity index (χ2n) is 6.71. The van der Waals surface area contributed by atoms with Crippen LogP contribution >= 0.6 is 0 Å². The van der Waals surface area contributed by atoms with Crippen LogP contribution in [0, 0.1) is 0 Å². The highest BCUT2D eigenvalue weighted by molar-refractivity contribution is 5.76. The molecule has 1 heterocycles. The van der Waals surface area contributed by atoms with Gasteiger partial charge in [-0.05, 0) is 31.0 Å². The number of fused-ring (bicyclic) bond motifs is 1. The first-order chi connectivity index (χ1) is 13.2. The van der Waals surface area contributed by atoms with Crippen molar-refractivity contribution in [2.45, 2.75) is 39.2 Å². The van der Waals surface area contributed by atoms with Crippen molar-refractivity contribution in [3.05, 3.63) is 59.9 Å². The third-order valence-corrected chi connectivity index (χ3v) is 4.71. The number of hydrogen-bond donors (Lipinski definition) is 1. The number of aromatic nitrogens is 2. The number of benzene rings is 2. The summed E-state index contributed by atoms with van der Waals surface area (Å²) in [6.07, 6.45) is 4.03. The molecule has 1 aromatic heterocycles. The second kappa shape index (κ2) is 9.21. The Labute approximate surface area is 160 Å². The number of rotatable bonds is 9. The predicted molar refractivity (Wildman–Crippen MR) is 108 cm³/mol. The molecule has 1 N–H and O–H groups in total.